The van der Waals surface area contributed by atoms with Crippen LogP contribution in [0, 0.1) is 6.92 Å². The van der Waals surface area contributed by atoms with Gasteiger partial charge in [0.15, 0.2) is 11.5 Å². The molecule has 0 saturated heterocycles. The Morgan fingerprint density at radius 2 is 2.19 bits per heavy atom. The predicted octanol–water partition coefficient (Wildman–Crippen LogP) is 2.81. The molecule has 1 rings (SSSR count). The number of ether oxygens (including phenoxy) is 1. The first-order valence-corrected chi connectivity index (χ1v) is 5.66. The number of halogens is 1. The molecular formula is C12H18ClNO2. The third-order valence-electron chi connectivity index (χ3n) is 2.82. The number of hydrogen-bond donors (Lipinski definition) is 2. The Bertz CT molecular complexity index is 380. The van der Waals surface area contributed by atoms with E-state index >= 15 is 0 Å². The van der Waals surface area contributed by atoms with Gasteiger partial charge in [0, 0.05) is 16.7 Å². The summed E-state index contributed by atoms with van der Waals surface area (Å²) in [6.07, 6.45) is 0.803. The Balaban J connectivity index is 3.29. The van der Waals surface area contributed by atoms with Crippen molar-refractivity contribution in [1.82, 2.24) is 0 Å². The summed E-state index contributed by atoms with van der Waals surface area (Å²) >= 11 is 6.09. The van der Waals surface area contributed by atoms with Crippen LogP contribution in [0.2, 0.25) is 5.02 Å². The van der Waals surface area contributed by atoms with Gasteiger partial charge in [-0.05, 0) is 31.4 Å². The molecule has 3 N–H and O–H groups in total. The summed E-state index contributed by atoms with van der Waals surface area (Å²) in [5.41, 5.74) is 7.25. The summed E-state index contributed by atoms with van der Waals surface area (Å²) in [6, 6.07) is 1.63. The van der Waals surface area contributed by atoms with Crippen molar-refractivity contribution in [3.05, 3.63) is 22.2 Å². The third-order valence-corrected chi connectivity index (χ3v) is 3.21. The lowest BCUT2D eigenvalue weighted by Crippen LogP contribution is -2.06. The molecule has 1 unspecified atom stereocenters. The minimum atomic E-state index is 0.164. The summed E-state index contributed by atoms with van der Waals surface area (Å²) in [5.74, 6) is 0.748. The maximum atomic E-state index is 10.1. The van der Waals surface area contributed by atoms with Crippen LogP contribution in [0.5, 0.6) is 11.5 Å². The molecule has 3 nitrogen and oxygen atoms in total. The van der Waals surface area contributed by atoms with Gasteiger partial charge in [0.2, 0.25) is 0 Å². The average molecular weight is 244 g/mol. The van der Waals surface area contributed by atoms with Crippen molar-refractivity contribution in [3.8, 4) is 11.5 Å². The number of aromatic hydroxyl groups is 1. The molecule has 90 valence electrons. The van der Waals surface area contributed by atoms with Crippen LogP contribution in [0.4, 0.5) is 0 Å². The Hall–Kier alpha value is -0.930. The Labute approximate surface area is 101 Å². The molecule has 0 heterocycles. The fourth-order valence-electron chi connectivity index (χ4n) is 1.88. The molecule has 16 heavy (non-hydrogen) atoms. The van der Waals surface area contributed by atoms with Gasteiger partial charge in [0.05, 0.1) is 7.11 Å². The highest BCUT2D eigenvalue weighted by molar-refractivity contribution is 6.31. The largest absolute Gasteiger partial charge is 0.504 e. The molecule has 0 aromatic heterocycles. The summed E-state index contributed by atoms with van der Waals surface area (Å²) in [4.78, 5) is 0. The fourth-order valence-corrected chi connectivity index (χ4v) is 2.08. The monoisotopic (exact) mass is 243 g/mol. The molecule has 4 heteroatoms. The molecule has 1 aromatic rings. The van der Waals surface area contributed by atoms with Crippen LogP contribution in [0.3, 0.4) is 0 Å². The lowest BCUT2D eigenvalue weighted by molar-refractivity contribution is 0.368. The van der Waals surface area contributed by atoms with Gasteiger partial charge < -0.3 is 15.6 Å². The van der Waals surface area contributed by atoms with Crippen molar-refractivity contribution in [3.63, 3.8) is 0 Å². The van der Waals surface area contributed by atoms with Crippen LogP contribution < -0.4 is 10.5 Å². The first-order valence-electron chi connectivity index (χ1n) is 5.28. The molecule has 0 saturated carbocycles. The van der Waals surface area contributed by atoms with Crippen molar-refractivity contribution < 1.29 is 9.84 Å². The summed E-state index contributed by atoms with van der Waals surface area (Å²) < 4.78 is 5.08. The second kappa shape index (κ2) is 5.41. The molecule has 0 radical (unpaired) electrons. The number of phenols is 1. The second-order valence-electron chi connectivity index (χ2n) is 3.93. The van der Waals surface area contributed by atoms with Crippen molar-refractivity contribution in [2.75, 3.05) is 13.7 Å². The normalized spacial score (nSPS) is 12.6. The predicted molar refractivity (Wildman–Crippen MR) is 66.5 cm³/mol. The molecule has 0 bridgehead atoms. The van der Waals surface area contributed by atoms with Crippen molar-refractivity contribution in [2.45, 2.75) is 26.2 Å². The van der Waals surface area contributed by atoms with E-state index in [2.05, 4.69) is 0 Å². The average Bonchev–Trinajstić information content (AvgIpc) is 2.24. The standard InChI is InChI=1S/C12H18ClNO2/c1-7(4-5-14)11-8(2)9(13)6-10(16-3)12(11)15/h6-7,15H,4-5,14H2,1-3H3. The maximum Gasteiger partial charge on any atom is 0.162 e. The second-order valence-corrected chi connectivity index (χ2v) is 4.33. The number of hydrogen-bond acceptors (Lipinski definition) is 3. The molecule has 1 atom stereocenters. The quantitative estimate of drug-likeness (QED) is 0.855. The number of benzene rings is 1. The Morgan fingerprint density at radius 1 is 1.56 bits per heavy atom. The summed E-state index contributed by atoms with van der Waals surface area (Å²) in [5, 5.41) is 10.7. The number of methoxy groups -OCH3 is 1. The first kappa shape index (κ1) is 13.1. The van der Waals surface area contributed by atoms with E-state index in [9.17, 15) is 5.11 Å². The molecular weight excluding hydrogens is 226 g/mol. The maximum absolute atomic E-state index is 10.1. The zero-order valence-electron chi connectivity index (χ0n) is 9.88. The highest BCUT2D eigenvalue weighted by Gasteiger charge is 2.19. The summed E-state index contributed by atoms with van der Waals surface area (Å²) in [6.45, 7) is 4.49. The summed E-state index contributed by atoms with van der Waals surface area (Å²) in [7, 11) is 1.51. The lowest BCUT2D eigenvalue weighted by Gasteiger charge is -2.18. The highest BCUT2D eigenvalue weighted by Crippen LogP contribution is 2.41. The van der Waals surface area contributed by atoms with Crippen LogP contribution in [0.15, 0.2) is 6.07 Å². The van der Waals surface area contributed by atoms with Gasteiger partial charge >= 0.3 is 0 Å². The minimum Gasteiger partial charge on any atom is -0.504 e. The van der Waals surface area contributed by atoms with E-state index in [4.69, 9.17) is 22.1 Å². The van der Waals surface area contributed by atoms with Crippen molar-refractivity contribution in [1.29, 1.82) is 0 Å². The van der Waals surface area contributed by atoms with Gasteiger partial charge in [0.1, 0.15) is 0 Å². The van der Waals surface area contributed by atoms with E-state index in [1.165, 1.54) is 7.11 Å². The van der Waals surface area contributed by atoms with Crippen LogP contribution in [-0.4, -0.2) is 18.8 Å². The zero-order chi connectivity index (χ0) is 12.3. The fraction of sp³-hybridized carbons (Fsp3) is 0.500. The number of phenolic OH excluding ortho intramolecular Hbond substituents is 1. The SMILES string of the molecule is COc1cc(Cl)c(C)c(C(C)CCN)c1O. The Kier molecular flexibility index (Phi) is 4.44. The first-order chi connectivity index (χ1) is 7.52. The van der Waals surface area contributed by atoms with Gasteiger partial charge in [0.25, 0.3) is 0 Å². The lowest BCUT2D eigenvalue weighted by atomic mass is 9.92. The molecule has 0 aliphatic rings. The number of nitrogens with two attached hydrogens (primary N) is 1. The van der Waals surface area contributed by atoms with Crippen molar-refractivity contribution >= 4 is 11.6 Å². The van der Waals surface area contributed by atoms with Crippen LogP contribution in [-0.2, 0) is 0 Å². The van der Waals surface area contributed by atoms with Crippen molar-refractivity contribution in [2.24, 2.45) is 5.73 Å². The Morgan fingerprint density at radius 3 is 2.69 bits per heavy atom. The van der Waals surface area contributed by atoms with Gasteiger partial charge in [-0.3, -0.25) is 0 Å². The topological polar surface area (TPSA) is 55.5 Å². The third kappa shape index (κ3) is 2.42. The molecule has 0 aliphatic carbocycles. The zero-order valence-corrected chi connectivity index (χ0v) is 10.6. The van der Waals surface area contributed by atoms with E-state index in [0.717, 1.165) is 17.5 Å². The van der Waals surface area contributed by atoms with Gasteiger partial charge in [-0.15, -0.1) is 0 Å². The van der Waals surface area contributed by atoms with E-state index in [1.807, 2.05) is 13.8 Å². The minimum absolute atomic E-state index is 0.164. The van der Waals surface area contributed by atoms with E-state index in [1.54, 1.807) is 6.07 Å². The van der Waals surface area contributed by atoms with Crippen LogP contribution in [0.25, 0.3) is 0 Å². The van der Waals surface area contributed by atoms with Crippen LogP contribution in [0.1, 0.15) is 30.4 Å². The molecule has 0 spiro atoms. The van der Waals surface area contributed by atoms with E-state index in [-0.39, 0.29) is 11.7 Å². The van der Waals surface area contributed by atoms with E-state index < -0.39 is 0 Å². The number of rotatable bonds is 4. The van der Waals surface area contributed by atoms with E-state index in [0.29, 0.717) is 17.3 Å². The smallest absolute Gasteiger partial charge is 0.162 e. The van der Waals surface area contributed by atoms with Gasteiger partial charge in [-0.1, -0.05) is 18.5 Å². The van der Waals surface area contributed by atoms with Gasteiger partial charge in [-0.2, -0.15) is 0 Å². The highest BCUT2D eigenvalue weighted by atomic mass is 35.5. The molecule has 0 amide bonds. The molecule has 0 aliphatic heterocycles. The van der Waals surface area contributed by atoms with Gasteiger partial charge in [-0.25, -0.2) is 0 Å². The molecule has 1 aromatic carbocycles. The molecule has 0 fully saturated rings. The van der Waals surface area contributed by atoms with Crippen LogP contribution >= 0.6 is 11.6 Å².